The molecule has 1 heterocycles. The first-order valence-electron chi connectivity index (χ1n) is 15.1. The highest BCUT2D eigenvalue weighted by Gasteiger charge is 2.50. The molecule has 3 aromatic rings. The minimum absolute atomic E-state index is 0.147. The van der Waals surface area contributed by atoms with Gasteiger partial charge in [0.1, 0.15) is 17.2 Å². The van der Waals surface area contributed by atoms with Gasteiger partial charge in [0.25, 0.3) is 5.92 Å². The fourth-order valence-corrected chi connectivity index (χ4v) is 6.81. The summed E-state index contributed by atoms with van der Waals surface area (Å²) < 4.78 is 72.9. The first-order chi connectivity index (χ1) is 21.1. The van der Waals surface area contributed by atoms with Crippen molar-refractivity contribution in [2.24, 2.45) is 11.7 Å². The van der Waals surface area contributed by atoms with Gasteiger partial charge in [0.15, 0.2) is 6.04 Å². The van der Waals surface area contributed by atoms with Crippen LogP contribution in [0.1, 0.15) is 50.5 Å². The number of sulfonamides is 1. The number of carbonyl (C=O) groups is 1. The third kappa shape index (κ3) is 7.94. The molecule has 0 radical (unpaired) electrons. The lowest BCUT2D eigenvalue weighted by atomic mass is 9.90. The van der Waals surface area contributed by atoms with E-state index in [2.05, 4.69) is 0 Å². The Balaban J connectivity index is 1.35. The molecule has 5 rings (SSSR count). The lowest BCUT2D eigenvalue weighted by molar-refractivity contribution is -0.145. The molecule has 1 saturated carbocycles. The predicted octanol–water partition coefficient (Wildman–Crippen LogP) is 5.83. The van der Waals surface area contributed by atoms with E-state index in [0.717, 1.165) is 25.0 Å². The number of nitrogens with two attached hydrogens (primary N) is 1. The van der Waals surface area contributed by atoms with Crippen LogP contribution in [0.3, 0.4) is 0 Å². The molecule has 1 aliphatic heterocycles. The number of piperidine rings is 1. The normalized spacial score (nSPS) is 17.7. The molecule has 11 heteroatoms. The monoisotopic (exact) mass is 627 g/mol. The second kappa shape index (κ2) is 14.0. The summed E-state index contributed by atoms with van der Waals surface area (Å²) >= 11 is 0. The molecule has 1 amide bonds. The van der Waals surface area contributed by atoms with E-state index in [1.807, 2.05) is 10.8 Å². The minimum atomic E-state index is -4.53. The lowest BCUT2D eigenvalue weighted by Gasteiger charge is -2.35. The number of hydrogen-bond acceptors (Lipinski definition) is 6. The average Bonchev–Trinajstić information content (AvgIpc) is 3.04. The molecular formula is C33H39F2N3O5S. The number of rotatable bonds is 11. The van der Waals surface area contributed by atoms with E-state index in [4.69, 9.17) is 15.2 Å². The van der Waals surface area contributed by atoms with Gasteiger partial charge in [-0.15, -0.1) is 0 Å². The Hall–Kier alpha value is -3.54. The maximum absolute atomic E-state index is 16.2. The van der Waals surface area contributed by atoms with Crippen molar-refractivity contribution in [3.8, 4) is 17.2 Å². The summed E-state index contributed by atoms with van der Waals surface area (Å²) in [6.45, 7) is 0.859. The van der Waals surface area contributed by atoms with Gasteiger partial charge in [0, 0.05) is 24.7 Å². The van der Waals surface area contributed by atoms with Crippen LogP contribution in [0.2, 0.25) is 0 Å². The molecular weight excluding hydrogens is 588 g/mol. The van der Waals surface area contributed by atoms with E-state index < -0.39 is 33.5 Å². The first kappa shape index (κ1) is 31.9. The highest BCUT2D eigenvalue weighted by Crippen LogP contribution is 2.36. The van der Waals surface area contributed by atoms with Crippen LogP contribution in [0.5, 0.6) is 17.2 Å². The Labute approximate surface area is 257 Å². The summed E-state index contributed by atoms with van der Waals surface area (Å²) in [5.41, 5.74) is 5.42. The number of para-hydroxylation sites is 1. The maximum Gasteiger partial charge on any atom is 0.298 e. The summed E-state index contributed by atoms with van der Waals surface area (Å²) in [6, 6.07) is 16.9. The van der Waals surface area contributed by atoms with Crippen LogP contribution >= 0.6 is 0 Å². The third-order valence-electron chi connectivity index (χ3n) is 8.30. The standard InChI is InChI=1S/C33H39F2N3O5S/c34-33(35,25-11-13-29(14-12-25)43-28-9-5-2-6-10-28)31(32(39)38-21-19-26(36)20-22-38)37-44(40,41)30-17-15-27(16-18-30)42-23-24-7-3-1-4-8-24/h2,5-6,9-18,24,26,31,37H,1,3-4,7-8,19-23,36H2. The number of likely N-dealkylation sites (tertiary alicyclic amines) is 1. The predicted molar refractivity (Wildman–Crippen MR) is 163 cm³/mol. The van der Waals surface area contributed by atoms with Crippen molar-refractivity contribution in [2.45, 2.75) is 67.8 Å². The van der Waals surface area contributed by atoms with Gasteiger partial charge in [-0.2, -0.15) is 13.5 Å². The molecule has 2 aliphatic rings. The number of ether oxygens (including phenoxy) is 2. The second-order valence-corrected chi connectivity index (χ2v) is 13.3. The van der Waals surface area contributed by atoms with Crippen molar-refractivity contribution in [2.75, 3.05) is 19.7 Å². The third-order valence-corrected chi connectivity index (χ3v) is 9.74. The Morgan fingerprint density at radius 1 is 0.864 bits per heavy atom. The molecule has 0 aromatic heterocycles. The summed E-state index contributed by atoms with van der Waals surface area (Å²) in [4.78, 5) is 14.6. The van der Waals surface area contributed by atoms with Gasteiger partial charge in [-0.1, -0.05) is 37.5 Å². The number of alkyl halides is 2. The highest BCUT2D eigenvalue weighted by atomic mass is 32.2. The van der Waals surface area contributed by atoms with Crippen LogP contribution in [0, 0.1) is 5.92 Å². The molecule has 1 atom stereocenters. The summed E-state index contributed by atoms with van der Waals surface area (Å²) in [6.07, 6.45) is 6.67. The van der Waals surface area contributed by atoms with Gasteiger partial charge in [-0.05, 0) is 92.3 Å². The number of halogens is 2. The Kier molecular flexibility index (Phi) is 10.2. The van der Waals surface area contributed by atoms with E-state index in [9.17, 15) is 13.2 Å². The average molecular weight is 628 g/mol. The number of nitrogens with zero attached hydrogens (tertiary/aromatic N) is 1. The zero-order valence-corrected chi connectivity index (χ0v) is 25.4. The van der Waals surface area contributed by atoms with E-state index >= 15 is 8.78 Å². The van der Waals surface area contributed by atoms with Crippen molar-refractivity contribution in [1.29, 1.82) is 0 Å². The second-order valence-electron chi connectivity index (χ2n) is 11.6. The molecule has 2 fully saturated rings. The SMILES string of the molecule is NC1CCN(C(=O)C(NS(=O)(=O)c2ccc(OCC3CCCCC3)cc2)C(F)(F)c2ccc(Oc3ccccc3)cc2)CC1. The molecule has 3 aromatic carbocycles. The van der Waals surface area contributed by atoms with Crippen molar-refractivity contribution < 1.29 is 31.5 Å². The largest absolute Gasteiger partial charge is 0.493 e. The summed E-state index contributed by atoms with van der Waals surface area (Å²) in [5, 5.41) is 0. The molecule has 44 heavy (non-hydrogen) atoms. The number of carbonyl (C=O) groups excluding carboxylic acids is 1. The minimum Gasteiger partial charge on any atom is -0.493 e. The van der Waals surface area contributed by atoms with Gasteiger partial charge < -0.3 is 20.1 Å². The molecule has 0 bridgehead atoms. The van der Waals surface area contributed by atoms with E-state index in [-0.39, 0.29) is 24.0 Å². The van der Waals surface area contributed by atoms with Gasteiger partial charge in [-0.3, -0.25) is 4.79 Å². The molecule has 236 valence electrons. The van der Waals surface area contributed by atoms with Crippen LogP contribution < -0.4 is 19.9 Å². The van der Waals surface area contributed by atoms with Gasteiger partial charge >= 0.3 is 0 Å². The van der Waals surface area contributed by atoms with Crippen LogP contribution in [0.4, 0.5) is 8.78 Å². The van der Waals surface area contributed by atoms with E-state index in [1.54, 1.807) is 24.3 Å². The Bertz CT molecular complexity index is 1470. The smallest absolute Gasteiger partial charge is 0.298 e. The number of benzene rings is 3. The fourth-order valence-electron chi connectivity index (χ4n) is 5.62. The summed E-state index contributed by atoms with van der Waals surface area (Å²) in [7, 11) is -4.53. The molecule has 8 nitrogen and oxygen atoms in total. The molecule has 1 saturated heterocycles. The van der Waals surface area contributed by atoms with Crippen LogP contribution in [-0.2, 0) is 20.7 Å². The van der Waals surface area contributed by atoms with E-state index in [1.165, 1.54) is 60.6 Å². The Morgan fingerprint density at radius 3 is 2.09 bits per heavy atom. The number of nitrogens with one attached hydrogen (secondary N) is 1. The van der Waals surface area contributed by atoms with Crippen LogP contribution in [0.15, 0.2) is 83.8 Å². The first-order valence-corrected chi connectivity index (χ1v) is 16.6. The zero-order valence-electron chi connectivity index (χ0n) is 24.5. The molecule has 3 N–H and O–H groups in total. The van der Waals surface area contributed by atoms with Gasteiger partial charge in [-0.25, -0.2) is 8.42 Å². The molecule has 1 unspecified atom stereocenters. The van der Waals surface area contributed by atoms with Gasteiger partial charge in [0.05, 0.1) is 11.5 Å². The lowest BCUT2D eigenvalue weighted by Crippen LogP contribution is -2.57. The fraction of sp³-hybridized carbons (Fsp3) is 0.424. The Morgan fingerprint density at radius 2 is 1.45 bits per heavy atom. The van der Waals surface area contributed by atoms with Crippen LogP contribution in [-0.4, -0.2) is 51.0 Å². The molecule has 1 aliphatic carbocycles. The zero-order chi connectivity index (χ0) is 31.2. The highest BCUT2D eigenvalue weighted by molar-refractivity contribution is 7.89. The van der Waals surface area contributed by atoms with E-state index in [0.29, 0.717) is 42.6 Å². The number of hydrogen-bond donors (Lipinski definition) is 2. The van der Waals surface area contributed by atoms with Crippen molar-refractivity contribution in [3.63, 3.8) is 0 Å². The van der Waals surface area contributed by atoms with Crippen molar-refractivity contribution in [1.82, 2.24) is 9.62 Å². The van der Waals surface area contributed by atoms with Gasteiger partial charge in [0.2, 0.25) is 15.9 Å². The summed E-state index contributed by atoms with van der Waals surface area (Å²) in [5.74, 6) is -3.10. The number of amides is 1. The topological polar surface area (TPSA) is 111 Å². The van der Waals surface area contributed by atoms with Crippen molar-refractivity contribution in [3.05, 3.63) is 84.4 Å². The quantitative estimate of drug-likeness (QED) is 0.277. The molecule has 0 spiro atoms. The van der Waals surface area contributed by atoms with Crippen molar-refractivity contribution >= 4 is 15.9 Å². The maximum atomic E-state index is 16.2. The van der Waals surface area contributed by atoms with Crippen LogP contribution in [0.25, 0.3) is 0 Å².